The molecule has 2 saturated heterocycles. The molecule has 0 spiro atoms. The topological polar surface area (TPSA) is 73.5 Å². The van der Waals surface area contributed by atoms with Gasteiger partial charge in [0.25, 0.3) is 0 Å². The van der Waals surface area contributed by atoms with Crippen LogP contribution >= 0.6 is 11.3 Å². The van der Waals surface area contributed by atoms with Crippen LogP contribution in [0.5, 0.6) is 0 Å². The zero-order chi connectivity index (χ0) is 20.9. The molecule has 6 nitrogen and oxygen atoms in total. The summed E-state index contributed by atoms with van der Waals surface area (Å²) < 4.78 is 13.1. The summed E-state index contributed by atoms with van der Waals surface area (Å²) in [5, 5.41) is 11.5. The molecule has 0 bridgehead atoms. The van der Waals surface area contributed by atoms with Gasteiger partial charge in [0, 0.05) is 43.0 Å². The SMILES string of the molecule is O=C(CC[C@H]1CNC(=O)[C@H]2C[C@H](NCc3ccc(F)cc3)CN12)NCc1cccs1. The summed E-state index contributed by atoms with van der Waals surface area (Å²) in [4.78, 5) is 28.0. The van der Waals surface area contributed by atoms with Gasteiger partial charge in [0.2, 0.25) is 11.8 Å². The molecule has 3 N–H and O–H groups in total. The lowest BCUT2D eigenvalue weighted by molar-refractivity contribution is -0.129. The molecule has 2 aromatic rings. The van der Waals surface area contributed by atoms with Crippen LogP contribution in [0.4, 0.5) is 4.39 Å². The molecule has 3 atom stereocenters. The fourth-order valence-corrected chi connectivity index (χ4v) is 4.89. The van der Waals surface area contributed by atoms with Crippen molar-refractivity contribution < 1.29 is 14.0 Å². The van der Waals surface area contributed by atoms with E-state index in [9.17, 15) is 14.0 Å². The number of piperazine rings is 1. The molecule has 0 unspecified atom stereocenters. The molecular weight excluding hydrogens is 403 g/mol. The van der Waals surface area contributed by atoms with Gasteiger partial charge in [0.05, 0.1) is 12.6 Å². The van der Waals surface area contributed by atoms with E-state index in [1.54, 1.807) is 23.5 Å². The van der Waals surface area contributed by atoms with Gasteiger partial charge in [-0.25, -0.2) is 4.39 Å². The first-order chi connectivity index (χ1) is 14.6. The van der Waals surface area contributed by atoms with Crippen molar-refractivity contribution in [3.8, 4) is 0 Å². The van der Waals surface area contributed by atoms with Crippen molar-refractivity contribution in [1.29, 1.82) is 0 Å². The number of nitrogens with one attached hydrogen (secondary N) is 3. The summed E-state index contributed by atoms with van der Waals surface area (Å²) in [5.41, 5.74) is 1.02. The maximum absolute atomic E-state index is 13.1. The number of carbonyl (C=O) groups is 2. The summed E-state index contributed by atoms with van der Waals surface area (Å²) in [6, 6.07) is 10.7. The van der Waals surface area contributed by atoms with Gasteiger partial charge >= 0.3 is 0 Å². The molecule has 8 heteroatoms. The summed E-state index contributed by atoms with van der Waals surface area (Å²) in [6.45, 7) is 2.57. The molecule has 0 aliphatic carbocycles. The van der Waals surface area contributed by atoms with E-state index < -0.39 is 0 Å². The van der Waals surface area contributed by atoms with Crippen molar-refractivity contribution in [2.45, 2.75) is 50.5 Å². The van der Waals surface area contributed by atoms with Gasteiger partial charge in [-0.3, -0.25) is 14.5 Å². The second kappa shape index (κ2) is 9.68. The maximum Gasteiger partial charge on any atom is 0.237 e. The molecule has 2 fully saturated rings. The van der Waals surface area contributed by atoms with Crippen LogP contribution in [0.1, 0.15) is 29.7 Å². The molecule has 2 aliphatic heterocycles. The summed E-state index contributed by atoms with van der Waals surface area (Å²) >= 11 is 1.63. The Balaban J connectivity index is 1.26. The maximum atomic E-state index is 13.1. The third-order valence-electron chi connectivity index (χ3n) is 5.88. The quantitative estimate of drug-likeness (QED) is 0.599. The Hall–Kier alpha value is -2.29. The first-order valence-corrected chi connectivity index (χ1v) is 11.3. The van der Waals surface area contributed by atoms with Crippen molar-refractivity contribution in [3.63, 3.8) is 0 Å². The van der Waals surface area contributed by atoms with E-state index in [1.165, 1.54) is 12.1 Å². The molecule has 30 heavy (non-hydrogen) atoms. The predicted octanol–water partition coefficient (Wildman–Crippen LogP) is 2.01. The van der Waals surface area contributed by atoms with E-state index in [1.807, 2.05) is 17.5 Å². The van der Waals surface area contributed by atoms with Gasteiger partial charge in [0.15, 0.2) is 0 Å². The highest BCUT2D eigenvalue weighted by Crippen LogP contribution is 2.26. The van der Waals surface area contributed by atoms with Gasteiger partial charge in [-0.1, -0.05) is 18.2 Å². The van der Waals surface area contributed by atoms with Crippen molar-refractivity contribution in [2.24, 2.45) is 0 Å². The first-order valence-electron chi connectivity index (χ1n) is 10.4. The smallest absolute Gasteiger partial charge is 0.237 e. The standard InChI is InChI=1S/C22H27FN4O2S/c23-16-5-3-15(4-6-16)11-24-17-10-20-22(29)26-12-18(27(20)14-17)7-8-21(28)25-13-19-2-1-9-30-19/h1-6,9,17-18,20,24H,7-8,10-14H2,(H,25,28)(H,26,29)/t17-,18-,20+/m0/s1. The molecule has 0 saturated carbocycles. The van der Waals surface area contributed by atoms with Gasteiger partial charge in [-0.05, 0) is 42.0 Å². The van der Waals surface area contributed by atoms with E-state index in [0.29, 0.717) is 26.1 Å². The molecule has 2 aliphatic rings. The van der Waals surface area contributed by atoms with Crippen LogP contribution in [0.3, 0.4) is 0 Å². The number of hydrogen-bond acceptors (Lipinski definition) is 5. The lowest BCUT2D eigenvalue weighted by Gasteiger charge is -2.37. The summed E-state index contributed by atoms with van der Waals surface area (Å²) in [6.07, 6.45) is 1.91. The minimum atomic E-state index is -0.240. The van der Waals surface area contributed by atoms with E-state index in [-0.39, 0.29) is 35.8 Å². The largest absolute Gasteiger partial charge is 0.353 e. The summed E-state index contributed by atoms with van der Waals surface area (Å²) in [5.74, 6) is -0.128. The Labute approximate surface area is 179 Å². The number of carbonyl (C=O) groups excluding carboxylic acids is 2. The van der Waals surface area contributed by atoms with Crippen molar-refractivity contribution >= 4 is 23.2 Å². The van der Waals surface area contributed by atoms with Crippen LogP contribution in [0, 0.1) is 5.82 Å². The minimum absolute atomic E-state index is 0.0435. The predicted molar refractivity (Wildman–Crippen MR) is 114 cm³/mol. The van der Waals surface area contributed by atoms with Crippen LogP contribution in [0.15, 0.2) is 41.8 Å². The van der Waals surface area contributed by atoms with E-state index in [4.69, 9.17) is 0 Å². The highest BCUT2D eigenvalue weighted by atomic mass is 32.1. The highest BCUT2D eigenvalue weighted by molar-refractivity contribution is 7.09. The number of benzene rings is 1. The number of hydrogen-bond donors (Lipinski definition) is 3. The molecule has 2 amide bonds. The van der Waals surface area contributed by atoms with Crippen LogP contribution in [-0.2, 0) is 22.7 Å². The average molecular weight is 431 g/mol. The Morgan fingerprint density at radius 1 is 1.23 bits per heavy atom. The van der Waals surface area contributed by atoms with Crippen LogP contribution in [0.2, 0.25) is 0 Å². The third-order valence-corrected chi connectivity index (χ3v) is 6.75. The Kier molecular flexibility index (Phi) is 6.76. The number of halogens is 1. The zero-order valence-electron chi connectivity index (χ0n) is 16.8. The fraction of sp³-hybridized carbons (Fsp3) is 0.455. The van der Waals surface area contributed by atoms with Crippen molar-refractivity contribution in [3.05, 3.63) is 58.0 Å². The number of fused-ring (bicyclic) bond motifs is 1. The molecule has 160 valence electrons. The van der Waals surface area contributed by atoms with Gasteiger partial charge in [-0.15, -0.1) is 11.3 Å². The van der Waals surface area contributed by atoms with Crippen LogP contribution in [-0.4, -0.2) is 47.9 Å². The number of amides is 2. The normalized spacial score (nSPS) is 23.8. The Morgan fingerprint density at radius 3 is 2.83 bits per heavy atom. The molecule has 4 rings (SSSR count). The van der Waals surface area contributed by atoms with Crippen molar-refractivity contribution in [2.75, 3.05) is 13.1 Å². The number of thiophene rings is 1. The van der Waals surface area contributed by atoms with Crippen LogP contribution in [0.25, 0.3) is 0 Å². The highest BCUT2D eigenvalue weighted by Gasteiger charge is 2.43. The van der Waals surface area contributed by atoms with Gasteiger partial charge in [0.1, 0.15) is 5.82 Å². The molecule has 3 heterocycles. The first kappa shape index (κ1) is 21.0. The van der Waals surface area contributed by atoms with Crippen molar-refractivity contribution in [1.82, 2.24) is 20.9 Å². The van der Waals surface area contributed by atoms with Gasteiger partial charge in [-0.2, -0.15) is 0 Å². The molecule has 0 radical (unpaired) electrons. The van der Waals surface area contributed by atoms with E-state index >= 15 is 0 Å². The third kappa shape index (κ3) is 5.24. The zero-order valence-corrected chi connectivity index (χ0v) is 17.6. The van der Waals surface area contributed by atoms with Crippen LogP contribution < -0.4 is 16.0 Å². The number of nitrogens with zero attached hydrogens (tertiary/aromatic N) is 1. The van der Waals surface area contributed by atoms with Gasteiger partial charge < -0.3 is 16.0 Å². The summed E-state index contributed by atoms with van der Waals surface area (Å²) in [7, 11) is 0. The Bertz CT molecular complexity index is 859. The lowest BCUT2D eigenvalue weighted by Crippen LogP contribution is -2.58. The number of rotatable bonds is 8. The second-order valence-electron chi connectivity index (χ2n) is 7.95. The molecular formula is C22H27FN4O2S. The minimum Gasteiger partial charge on any atom is -0.353 e. The molecule has 1 aromatic heterocycles. The lowest BCUT2D eigenvalue weighted by atomic mass is 10.0. The fourth-order valence-electron chi connectivity index (χ4n) is 4.24. The molecule has 1 aromatic carbocycles. The second-order valence-corrected chi connectivity index (χ2v) is 8.98. The monoisotopic (exact) mass is 430 g/mol. The average Bonchev–Trinajstić information content (AvgIpc) is 3.42. The van der Waals surface area contributed by atoms with E-state index in [0.717, 1.165) is 29.8 Å². The van der Waals surface area contributed by atoms with E-state index in [2.05, 4.69) is 20.9 Å². The Morgan fingerprint density at radius 2 is 2.07 bits per heavy atom.